The molecule has 2 aromatic heterocycles. The number of piperidine rings is 1. The van der Waals surface area contributed by atoms with Crippen molar-refractivity contribution in [2.24, 2.45) is 0 Å². The van der Waals surface area contributed by atoms with E-state index >= 15 is 0 Å². The number of likely N-dealkylation sites (tertiary alicyclic amines) is 1. The van der Waals surface area contributed by atoms with Gasteiger partial charge < -0.3 is 9.64 Å². The molecule has 1 aliphatic rings. The molecule has 0 unspecified atom stereocenters. The zero-order valence-corrected chi connectivity index (χ0v) is 13.6. The molecule has 1 amide bonds. The van der Waals surface area contributed by atoms with E-state index in [0.717, 1.165) is 30.0 Å². The third-order valence-electron chi connectivity index (χ3n) is 3.70. The molecule has 1 saturated heterocycles. The predicted molar refractivity (Wildman–Crippen MR) is 89.4 cm³/mol. The number of aromatic nitrogens is 2. The van der Waals surface area contributed by atoms with Gasteiger partial charge in [-0.05, 0) is 37.1 Å². The van der Waals surface area contributed by atoms with Crippen LogP contribution in [0.2, 0.25) is 0 Å². The fraction of sp³-hybridized carbons (Fsp3) is 0.353. The van der Waals surface area contributed by atoms with Gasteiger partial charge in [-0.2, -0.15) is 0 Å². The fourth-order valence-electron chi connectivity index (χ4n) is 2.54. The summed E-state index contributed by atoms with van der Waals surface area (Å²) >= 11 is 1.55. The van der Waals surface area contributed by atoms with Crippen molar-refractivity contribution in [1.82, 2.24) is 14.9 Å². The van der Waals surface area contributed by atoms with E-state index in [1.807, 2.05) is 29.2 Å². The predicted octanol–water partition coefficient (Wildman–Crippen LogP) is 2.64. The van der Waals surface area contributed by atoms with Crippen molar-refractivity contribution in [2.75, 3.05) is 18.8 Å². The minimum Gasteiger partial charge on any atom is -0.488 e. The molecule has 5 nitrogen and oxygen atoms in total. The zero-order chi connectivity index (χ0) is 15.9. The standard InChI is InChI=1S/C17H19N3O2S/c21-17(13-23-16-5-9-19-10-6-16)20-11-1-2-15(12-20)22-14-3-7-18-8-4-14/h3-10,15H,1-2,11-13H2/t15-/m1/s1. The zero-order valence-electron chi connectivity index (χ0n) is 12.8. The number of amides is 1. The van der Waals surface area contributed by atoms with Crippen molar-refractivity contribution >= 4 is 17.7 Å². The van der Waals surface area contributed by atoms with Gasteiger partial charge in [0.05, 0.1) is 12.3 Å². The Hall–Kier alpha value is -2.08. The van der Waals surface area contributed by atoms with Crippen LogP contribution in [0.3, 0.4) is 0 Å². The van der Waals surface area contributed by atoms with Gasteiger partial charge in [-0.25, -0.2) is 0 Å². The molecule has 0 saturated carbocycles. The summed E-state index contributed by atoms with van der Waals surface area (Å²) in [6.07, 6.45) is 8.92. The highest BCUT2D eigenvalue weighted by Gasteiger charge is 2.24. The van der Waals surface area contributed by atoms with Crippen LogP contribution < -0.4 is 4.74 Å². The number of hydrogen-bond donors (Lipinski definition) is 0. The first-order chi connectivity index (χ1) is 11.3. The van der Waals surface area contributed by atoms with Gasteiger partial charge in [-0.3, -0.25) is 14.8 Å². The number of thioether (sulfide) groups is 1. The quantitative estimate of drug-likeness (QED) is 0.789. The third kappa shape index (κ3) is 4.69. The molecule has 0 bridgehead atoms. The van der Waals surface area contributed by atoms with Gasteiger partial charge in [0.1, 0.15) is 11.9 Å². The van der Waals surface area contributed by atoms with Gasteiger partial charge in [-0.1, -0.05) is 0 Å². The molecule has 1 fully saturated rings. The van der Waals surface area contributed by atoms with Crippen LogP contribution in [0.5, 0.6) is 5.75 Å². The van der Waals surface area contributed by atoms with Crippen molar-refractivity contribution in [3.63, 3.8) is 0 Å². The fourth-order valence-corrected chi connectivity index (χ4v) is 3.33. The second-order valence-electron chi connectivity index (χ2n) is 5.38. The lowest BCUT2D eigenvalue weighted by molar-refractivity contribution is -0.130. The second kappa shape index (κ2) is 7.97. The monoisotopic (exact) mass is 329 g/mol. The van der Waals surface area contributed by atoms with Gasteiger partial charge in [-0.15, -0.1) is 11.8 Å². The van der Waals surface area contributed by atoms with Crippen LogP contribution in [0.15, 0.2) is 53.9 Å². The minimum absolute atomic E-state index is 0.0565. The van der Waals surface area contributed by atoms with Crippen LogP contribution in [0.4, 0.5) is 0 Å². The summed E-state index contributed by atoms with van der Waals surface area (Å²) in [5.41, 5.74) is 0. The largest absolute Gasteiger partial charge is 0.488 e. The summed E-state index contributed by atoms with van der Waals surface area (Å²) < 4.78 is 5.95. The van der Waals surface area contributed by atoms with E-state index in [1.165, 1.54) is 0 Å². The SMILES string of the molecule is O=C(CSc1ccncc1)N1CCC[C@@H](Oc2ccncc2)C1. The lowest BCUT2D eigenvalue weighted by Crippen LogP contribution is -2.45. The van der Waals surface area contributed by atoms with E-state index in [9.17, 15) is 4.79 Å². The van der Waals surface area contributed by atoms with E-state index in [1.54, 1.807) is 36.5 Å². The van der Waals surface area contributed by atoms with Crippen LogP contribution in [-0.2, 0) is 4.79 Å². The van der Waals surface area contributed by atoms with E-state index < -0.39 is 0 Å². The Morgan fingerprint density at radius 3 is 2.61 bits per heavy atom. The van der Waals surface area contributed by atoms with E-state index in [-0.39, 0.29) is 12.0 Å². The van der Waals surface area contributed by atoms with Gasteiger partial charge >= 0.3 is 0 Å². The Balaban J connectivity index is 1.50. The Kier molecular flexibility index (Phi) is 5.47. The summed E-state index contributed by atoms with van der Waals surface area (Å²) in [6, 6.07) is 7.53. The van der Waals surface area contributed by atoms with Gasteiger partial charge in [0.25, 0.3) is 0 Å². The van der Waals surface area contributed by atoms with E-state index in [0.29, 0.717) is 12.3 Å². The molecule has 0 radical (unpaired) electrons. The van der Waals surface area contributed by atoms with Gasteiger partial charge in [0, 0.05) is 36.2 Å². The number of nitrogens with zero attached hydrogens (tertiary/aromatic N) is 3. The highest BCUT2D eigenvalue weighted by Crippen LogP contribution is 2.20. The molecule has 23 heavy (non-hydrogen) atoms. The summed E-state index contributed by atoms with van der Waals surface area (Å²) in [6.45, 7) is 1.46. The molecule has 0 aliphatic carbocycles. The number of ether oxygens (including phenoxy) is 1. The van der Waals surface area contributed by atoms with Crippen LogP contribution in [-0.4, -0.2) is 45.7 Å². The number of carbonyl (C=O) groups is 1. The molecule has 0 spiro atoms. The lowest BCUT2D eigenvalue weighted by atomic mass is 10.1. The Morgan fingerprint density at radius 1 is 1.17 bits per heavy atom. The Morgan fingerprint density at radius 2 is 1.87 bits per heavy atom. The topological polar surface area (TPSA) is 55.3 Å². The molecule has 3 heterocycles. The van der Waals surface area contributed by atoms with Crippen LogP contribution in [0.1, 0.15) is 12.8 Å². The van der Waals surface area contributed by atoms with Gasteiger partial charge in [0.15, 0.2) is 0 Å². The van der Waals surface area contributed by atoms with Crippen molar-refractivity contribution in [2.45, 2.75) is 23.8 Å². The molecule has 3 rings (SSSR count). The molecular formula is C17H19N3O2S. The summed E-state index contributed by atoms with van der Waals surface area (Å²) in [5, 5.41) is 0. The molecule has 1 atom stereocenters. The molecule has 0 aromatic carbocycles. The minimum atomic E-state index is 0.0565. The first kappa shape index (κ1) is 15.8. The molecule has 6 heteroatoms. The average molecular weight is 329 g/mol. The highest BCUT2D eigenvalue weighted by molar-refractivity contribution is 8.00. The maximum Gasteiger partial charge on any atom is 0.233 e. The van der Waals surface area contributed by atoms with Crippen molar-refractivity contribution < 1.29 is 9.53 Å². The molecule has 1 aliphatic heterocycles. The summed E-state index contributed by atoms with van der Waals surface area (Å²) in [7, 11) is 0. The first-order valence-electron chi connectivity index (χ1n) is 7.68. The normalized spacial score (nSPS) is 17.7. The Labute approximate surface area is 140 Å². The van der Waals surface area contributed by atoms with E-state index in [2.05, 4.69) is 9.97 Å². The van der Waals surface area contributed by atoms with Gasteiger partial charge in [0.2, 0.25) is 5.91 Å². The van der Waals surface area contributed by atoms with Crippen molar-refractivity contribution in [3.05, 3.63) is 49.1 Å². The van der Waals surface area contributed by atoms with Crippen molar-refractivity contribution in [3.8, 4) is 5.75 Å². The summed E-state index contributed by atoms with van der Waals surface area (Å²) in [5.74, 6) is 1.42. The number of carbonyl (C=O) groups excluding carboxylic acids is 1. The molecule has 0 N–H and O–H groups in total. The Bertz CT molecular complexity index is 624. The summed E-state index contributed by atoms with van der Waals surface area (Å²) in [4.78, 5) is 23.3. The maximum atomic E-state index is 12.4. The van der Waals surface area contributed by atoms with Crippen LogP contribution in [0.25, 0.3) is 0 Å². The molecular weight excluding hydrogens is 310 g/mol. The second-order valence-corrected chi connectivity index (χ2v) is 6.43. The molecule has 2 aromatic rings. The maximum absolute atomic E-state index is 12.4. The lowest BCUT2D eigenvalue weighted by Gasteiger charge is -2.32. The van der Waals surface area contributed by atoms with Crippen molar-refractivity contribution in [1.29, 1.82) is 0 Å². The smallest absolute Gasteiger partial charge is 0.233 e. The van der Waals surface area contributed by atoms with Crippen LogP contribution in [0, 0.1) is 0 Å². The average Bonchev–Trinajstić information content (AvgIpc) is 2.62. The van der Waals surface area contributed by atoms with Crippen LogP contribution >= 0.6 is 11.8 Å². The number of pyridine rings is 2. The highest BCUT2D eigenvalue weighted by atomic mass is 32.2. The van der Waals surface area contributed by atoms with E-state index in [4.69, 9.17) is 4.74 Å². The number of hydrogen-bond acceptors (Lipinski definition) is 5. The number of rotatable bonds is 5. The molecule has 120 valence electrons. The third-order valence-corrected chi connectivity index (χ3v) is 4.69. The first-order valence-corrected chi connectivity index (χ1v) is 8.67.